The van der Waals surface area contributed by atoms with Gasteiger partial charge in [0.05, 0.1) is 6.21 Å². The maximum atomic E-state index is 9.91. The topological polar surface area (TPSA) is 58.5 Å². The summed E-state index contributed by atoms with van der Waals surface area (Å²) < 4.78 is 0. The summed E-state index contributed by atoms with van der Waals surface area (Å²) in [5.41, 5.74) is 0. The van der Waals surface area contributed by atoms with Gasteiger partial charge in [-0.2, -0.15) is 5.10 Å². The summed E-state index contributed by atoms with van der Waals surface area (Å²) in [6.07, 6.45) is 1.07. The van der Waals surface area contributed by atoms with Crippen LogP contribution in [0.1, 0.15) is 0 Å². The van der Waals surface area contributed by atoms with Crippen LogP contribution >= 0.6 is 0 Å². The van der Waals surface area contributed by atoms with Gasteiger partial charge in [0.15, 0.2) is 6.04 Å². The van der Waals surface area contributed by atoms with Gasteiger partial charge in [0, 0.05) is 4.92 Å². The van der Waals surface area contributed by atoms with E-state index in [4.69, 9.17) is 0 Å². The lowest BCUT2D eigenvalue weighted by atomic mass is 10.5. The minimum Gasteiger partial charge on any atom is -0.262 e. The molecule has 0 aromatic rings. The van der Waals surface area contributed by atoms with Gasteiger partial charge in [-0.3, -0.25) is 10.1 Å². The maximum absolute atomic E-state index is 9.91. The van der Waals surface area contributed by atoms with E-state index < -0.39 is 6.17 Å². The molecule has 0 aliphatic carbocycles. The third-order valence-electron chi connectivity index (χ3n) is 1.36. The van der Waals surface area contributed by atoms with Gasteiger partial charge in [0.2, 0.25) is 0 Å². The number of rotatable bonds is 1. The van der Waals surface area contributed by atoms with Crippen LogP contribution in [0.5, 0.6) is 0 Å². The molecule has 0 bridgehead atoms. The van der Waals surface area contributed by atoms with Crippen molar-refractivity contribution < 1.29 is 4.92 Å². The fourth-order valence-corrected chi connectivity index (χ4v) is 0.812. The molecule has 42 valence electrons. The van der Waals surface area contributed by atoms with Gasteiger partial charge < -0.3 is 0 Å². The highest BCUT2D eigenvalue weighted by molar-refractivity contribution is 5.74. The first-order chi connectivity index (χ1) is 3.80. The van der Waals surface area contributed by atoms with Crippen LogP contribution in [0.3, 0.4) is 0 Å². The molecule has 5 nitrogen and oxygen atoms in total. The summed E-state index contributed by atoms with van der Waals surface area (Å²) >= 11 is 0. The summed E-state index contributed by atoms with van der Waals surface area (Å²) in [6, 6.07) is 0.0324. The zero-order valence-corrected chi connectivity index (χ0v) is 3.89. The Labute approximate surface area is 44.7 Å². The lowest BCUT2D eigenvalue weighted by Crippen LogP contribution is -2.05. The van der Waals surface area contributed by atoms with Crippen molar-refractivity contribution in [1.29, 1.82) is 0 Å². The van der Waals surface area contributed by atoms with Crippen molar-refractivity contribution in [3.8, 4) is 0 Å². The molecule has 0 saturated carbocycles. The fraction of sp³-hybridized carbons (Fsp3) is 0.667. The third kappa shape index (κ3) is 0.228. The highest BCUT2D eigenvalue weighted by atomic mass is 16.6. The van der Waals surface area contributed by atoms with Gasteiger partial charge in [0.1, 0.15) is 0 Å². The second-order valence-electron chi connectivity index (χ2n) is 1.83. The van der Waals surface area contributed by atoms with E-state index in [2.05, 4.69) is 5.10 Å². The molecular formula is C3H3N3O2. The monoisotopic (exact) mass is 113 g/mol. The SMILES string of the molecule is O=[N+]([O-])C1C2C=NN21. The van der Waals surface area contributed by atoms with Crippen LogP contribution in [0.25, 0.3) is 0 Å². The van der Waals surface area contributed by atoms with Crippen molar-refractivity contribution in [2.75, 3.05) is 0 Å². The predicted octanol–water partition coefficient (Wildman–Crippen LogP) is -0.727. The van der Waals surface area contributed by atoms with Gasteiger partial charge in [0.25, 0.3) is 0 Å². The van der Waals surface area contributed by atoms with Crippen LogP contribution in [0.15, 0.2) is 5.10 Å². The van der Waals surface area contributed by atoms with Crippen molar-refractivity contribution in [2.24, 2.45) is 5.10 Å². The van der Waals surface area contributed by atoms with Crippen LogP contribution in [-0.4, -0.2) is 28.4 Å². The minimum absolute atomic E-state index is 0.0324. The molecule has 0 spiro atoms. The zero-order chi connectivity index (χ0) is 5.72. The molecule has 2 atom stereocenters. The summed E-state index contributed by atoms with van der Waals surface area (Å²) in [6.45, 7) is 0. The van der Waals surface area contributed by atoms with Crippen LogP contribution in [0.4, 0.5) is 0 Å². The number of fused-ring (bicyclic) bond motifs is 1. The molecule has 5 heteroatoms. The van der Waals surface area contributed by atoms with Gasteiger partial charge >= 0.3 is 6.17 Å². The summed E-state index contributed by atoms with van der Waals surface area (Å²) in [5, 5.41) is 15.0. The zero-order valence-electron chi connectivity index (χ0n) is 3.89. The number of nitro groups is 1. The van der Waals surface area contributed by atoms with Crippen molar-refractivity contribution in [3.63, 3.8) is 0 Å². The first-order valence-corrected chi connectivity index (χ1v) is 2.26. The van der Waals surface area contributed by atoms with Crippen molar-refractivity contribution in [3.05, 3.63) is 10.1 Å². The molecule has 8 heavy (non-hydrogen) atoms. The second kappa shape index (κ2) is 0.841. The molecule has 2 rings (SSSR count). The standard InChI is InChI=1S/C3H3N3O2/c7-6(8)3-2-1-4-5(2)3/h1-3H. The maximum Gasteiger partial charge on any atom is 0.329 e. The Kier molecular flexibility index (Phi) is 0.402. The van der Waals surface area contributed by atoms with Crippen LogP contribution < -0.4 is 0 Å². The van der Waals surface area contributed by atoms with Crippen LogP contribution in [0, 0.1) is 10.1 Å². The summed E-state index contributed by atoms with van der Waals surface area (Å²) in [7, 11) is 0. The largest absolute Gasteiger partial charge is 0.329 e. The van der Waals surface area contributed by atoms with E-state index in [1.165, 1.54) is 5.01 Å². The molecule has 2 aliphatic rings. The fourth-order valence-electron chi connectivity index (χ4n) is 0.812. The molecule has 1 saturated heterocycles. The number of hydrazone groups is 1. The Hall–Kier alpha value is -1.13. The van der Waals surface area contributed by atoms with E-state index in [-0.39, 0.29) is 11.0 Å². The smallest absolute Gasteiger partial charge is 0.262 e. The molecule has 0 aromatic carbocycles. The van der Waals surface area contributed by atoms with Crippen LogP contribution in [-0.2, 0) is 0 Å². The first-order valence-electron chi connectivity index (χ1n) is 2.26. The average Bonchev–Trinajstić information content (AvgIpc) is 2.07. The Morgan fingerprint density at radius 3 is 2.62 bits per heavy atom. The molecule has 0 amide bonds. The van der Waals surface area contributed by atoms with Gasteiger partial charge in [-0.15, -0.1) is 0 Å². The lowest BCUT2D eigenvalue weighted by molar-refractivity contribution is -0.505. The van der Waals surface area contributed by atoms with E-state index in [9.17, 15) is 10.1 Å². The first kappa shape index (κ1) is 3.82. The molecule has 2 heterocycles. The van der Waals surface area contributed by atoms with Crippen molar-refractivity contribution >= 4 is 6.21 Å². The number of nitrogens with zero attached hydrogens (tertiary/aromatic N) is 3. The van der Waals surface area contributed by atoms with Crippen molar-refractivity contribution in [2.45, 2.75) is 12.2 Å². The van der Waals surface area contributed by atoms with Crippen LogP contribution in [0.2, 0.25) is 0 Å². The summed E-state index contributed by atoms with van der Waals surface area (Å²) in [4.78, 5) is 9.58. The average molecular weight is 113 g/mol. The highest BCUT2D eigenvalue weighted by Crippen LogP contribution is 2.33. The molecule has 0 N–H and O–H groups in total. The highest BCUT2D eigenvalue weighted by Gasteiger charge is 2.62. The van der Waals surface area contributed by atoms with E-state index in [1.807, 2.05) is 0 Å². The van der Waals surface area contributed by atoms with Crippen molar-refractivity contribution in [1.82, 2.24) is 5.01 Å². The summed E-state index contributed by atoms with van der Waals surface area (Å²) in [5.74, 6) is 0. The van der Waals surface area contributed by atoms with E-state index in [0.29, 0.717) is 0 Å². The third-order valence-corrected chi connectivity index (χ3v) is 1.36. The Morgan fingerprint density at radius 1 is 1.88 bits per heavy atom. The molecule has 2 unspecified atom stereocenters. The Morgan fingerprint density at radius 2 is 2.50 bits per heavy atom. The quantitative estimate of drug-likeness (QED) is 0.256. The number of hydrogen-bond acceptors (Lipinski definition) is 4. The van der Waals surface area contributed by atoms with E-state index >= 15 is 0 Å². The molecular weight excluding hydrogens is 110 g/mol. The second-order valence-corrected chi connectivity index (χ2v) is 1.83. The molecule has 0 radical (unpaired) electrons. The molecule has 2 aliphatic heterocycles. The van der Waals surface area contributed by atoms with E-state index in [0.717, 1.165) is 0 Å². The molecule has 1 fully saturated rings. The lowest BCUT2D eigenvalue weighted by Gasteiger charge is -1.93. The number of hydrogen-bond donors (Lipinski definition) is 0. The minimum atomic E-state index is -0.519. The van der Waals surface area contributed by atoms with Gasteiger partial charge in [-0.25, -0.2) is 5.01 Å². The Balaban J connectivity index is 2.09. The normalized spacial score (nSPS) is 38.2. The van der Waals surface area contributed by atoms with E-state index in [1.54, 1.807) is 6.21 Å². The molecule has 0 aromatic heterocycles. The predicted molar refractivity (Wildman–Crippen MR) is 24.9 cm³/mol. The van der Waals surface area contributed by atoms with Gasteiger partial charge in [-0.05, 0) is 0 Å². The van der Waals surface area contributed by atoms with Gasteiger partial charge in [-0.1, -0.05) is 0 Å². The Bertz CT molecular complexity index is 165.